The number of rotatable bonds is 6. The average Bonchev–Trinajstić information content (AvgIpc) is 2.62. The lowest BCUT2D eigenvalue weighted by Crippen LogP contribution is -2.56. The molecule has 0 aromatic heterocycles. The van der Waals surface area contributed by atoms with Gasteiger partial charge in [0.2, 0.25) is 5.60 Å². The first-order valence-corrected chi connectivity index (χ1v) is 8.94. The molecule has 1 fully saturated rings. The third kappa shape index (κ3) is 4.21. The molecular weight excluding hydrogens is 320 g/mol. The Morgan fingerprint density at radius 2 is 1.92 bits per heavy atom. The lowest BCUT2D eigenvalue weighted by Gasteiger charge is -2.40. The molecule has 5 heteroatoms. The fourth-order valence-corrected chi connectivity index (χ4v) is 3.32. The Morgan fingerprint density at radius 1 is 1.24 bits per heavy atom. The number of carbonyl (C=O) groups excluding carboxylic acids is 2. The van der Waals surface area contributed by atoms with Crippen molar-refractivity contribution in [3.63, 3.8) is 0 Å². The van der Waals surface area contributed by atoms with Crippen molar-refractivity contribution in [2.75, 3.05) is 13.7 Å². The highest BCUT2D eigenvalue weighted by Gasteiger charge is 2.53. The van der Waals surface area contributed by atoms with Gasteiger partial charge in [-0.2, -0.15) is 0 Å². The second-order valence-corrected chi connectivity index (χ2v) is 6.63. The fraction of sp³-hybridized carbons (Fsp3) is 0.600. The predicted molar refractivity (Wildman–Crippen MR) is 94.3 cm³/mol. The van der Waals surface area contributed by atoms with Gasteiger partial charge in [-0.1, -0.05) is 36.2 Å². The van der Waals surface area contributed by atoms with Crippen LogP contribution in [0.2, 0.25) is 0 Å². The van der Waals surface area contributed by atoms with Crippen LogP contribution in [-0.4, -0.2) is 37.4 Å². The zero-order valence-electron chi connectivity index (χ0n) is 15.5. The minimum Gasteiger partial charge on any atom is -0.463 e. The van der Waals surface area contributed by atoms with Crippen LogP contribution in [0.4, 0.5) is 0 Å². The summed E-state index contributed by atoms with van der Waals surface area (Å²) in [6.07, 6.45) is 2.35. The van der Waals surface area contributed by atoms with Crippen molar-refractivity contribution in [1.29, 1.82) is 0 Å². The number of aryl methyl sites for hydroxylation is 1. The fourth-order valence-electron chi connectivity index (χ4n) is 3.32. The second-order valence-electron chi connectivity index (χ2n) is 6.63. The minimum absolute atomic E-state index is 0.238. The van der Waals surface area contributed by atoms with E-state index in [0.29, 0.717) is 12.8 Å². The lowest BCUT2D eigenvalue weighted by atomic mass is 9.81. The van der Waals surface area contributed by atoms with E-state index in [1.54, 1.807) is 21.0 Å². The van der Waals surface area contributed by atoms with Gasteiger partial charge in [-0.05, 0) is 39.2 Å². The van der Waals surface area contributed by atoms with Crippen LogP contribution in [0.3, 0.4) is 0 Å². The molecular formula is C20H28O5. The van der Waals surface area contributed by atoms with Gasteiger partial charge in [0.25, 0.3) is 0 Å². The van der Waals surface area contributed by atoms with E-state index >= 15 is 0 Å². The van der Waals surface area contributed by atoms with Gasteiger partial charge in [-0.25, -0.2) is 4.79 Å². The van der Waals surface area contributed by atoms with Crippen molar-refractivity contribution < 1.29 is 23.8 Å². The van der Waals surface area contributed by atoms with Crippen LogP contribution >= 0.6 is 0 Å². The molecule has 25 heavy (non-hydrogen) atoms. The highest BCUT2D eigenvalue weighted by molar-refractivity contribution is 5.86. The van der Waals surface area contributed by atoms with Crippen LogP contribution in [0.1, 0.15) is 56.6 Å². The van der Waals surface area contributed by atoms with Gasteiger partial charge in [-0.3, -0.25) is 4.79 Å². The van der Waals surface area contributed by atoms with Gasteiger partial charge in [-0.15, -0.1) is 0 Å². The summed E-state index contributed by atoms with van der Waals surface area (Å²) in [5.41, 5.74) is 0.636. The predicted octanol–water partition coefficient (Wildman–Crippen LogP) is 3.53. The van der Waals surface area contributed by atoms with Crippen molar-refractivity contribution in [2.24, 2.45) is 0 Å². The second kappa shape index (κ2) is 8.48. The Balaban J connectivity index is 2.24. The van der Waals surface area contributed by atoms with Crippen LogP contribution in [0.5, 0.6) is 0 Å². The van der Waals surface area contributed by atoms with E-state index in [1.165, 1.54) is 0 Å². The quantitative estimate of drug-likeness (QED) is 0.736. The molecule has 0 spiro atoms. The number of benzene rings is 1. The third-order valence-electron chi connectivity index (χ3n) is 4.90. The first-order chi connectivity index (χ1) is 11.9. The van der Waals surface area contributed by atoms with Crippen LogP contribution in [0.25, 0.3) is 0 Å². The largest absolute Gasteiger partial charge is 0.463 e. The maximum atomic E-state index is 12.8. The Hall–Kier alpha value is -1.88. The summed E-state index contributed by atoms with van der Waals surface area (Å²) in [4.78, 5) is 25.4. The van der Waals surface area contributed by atoms with Crippen molar-refractivity contribution >= 4 is 11.9 Å². The SMILES string of the molecule is CCOC(=O)C1(OC(=O)C(C)c2ccc(C)cc2)CCCCC1OC. The van der Waals surface area contributed by atoms with E-state index in [4.69, 9.17) is 14.2 Å². The molecule has 138 valence electrons. The van der Waals surface area contributed by atoms with Crippen molar-refractivity contribution in [2.45, 2.75) is 64.1 Å². The van der Waals surface area contributed by atoms with Gasteiger partial charge < -0.3 is 14.2 Å². The molecule has 1 aliphatic rings. The summed E-state index contributed by atoms with van der Waals surface area (Å²) in [6.45, 7) is 5.76. The Morgan fingerprint density at radius 3 is 2.52 bits per heavy atom. The first-order valence-electron chi connectivity index (χ1n) is 8.94. The summed E-state index contributed by atoms with van der Waals surface area (Å²) >= 11 is 0. The van der Waals surface area contributed by atoms with E-state index in [1.807, 2.05) is 31.2 Å². The van der Waals surface area contributed by atoms with Crippen LogP contribution in [0.15, 0.2) is 24.3 Å². The molecule has 1 aromatic rings. The molecule has 1 aliphatic carbocycles. The van der Waals surface area contributed by atoms with Crippen LogP contribution in [-0.2, 0) is 23.8 Å². The molecule has 0 N–H and O–H groups in total. The van der Waals surface area contributed by atoms with E-state index < -0.39 is 29.6 Å². The standard InChI is InChI=1S/C20H28O5/c1-5-24-19(22)20(13-7-6-8-17(20)23-4)25-18(21)15(3)16-11-9-14(2)10-12-16/h9-12,15,17H,5-8,13H2,1-4H3. The zero-order chi connectivity index (χ0) is 18.4. The molecule has 0 saturated heterocycles. The summed E-state index contributed by atoms with van der Waals surface area (Å²) in [5.74, 6) is -1.40. The number of hydrogen-bond acceptors (Lipinski definition) is 5. The number of carbonyl (C=O) groups is 2. The molecule has 0 amide bonds. The van der Waals surface area contributed by atoms with Gasteiger partial charge in [0, 0.05) is 13.5 Å². The van der Waals surface area contributed by atoms with Gasteiger partial charge in [0.15, 0.2) is 0 Å². The van der Waals surface area contributed by atoms with Crippen LogP contribution in [0, 0.1) is 6.92 Å². The third-order valence-corrected chi connectivity index (χ3v) is 4.90. The Labute approximate surface area is 149 Å². The highest BCUT2D eigenvalue weighted by Crippen LogP contribution is 2.36. The molecule has 1 aromatic carbocycles. The Bertz CT molecular complexity index is 595. The maximum Gasteiger partial charge on any atom is 0.353 e. The summed E-state index contributed by atoms with van der Waals surface area (Å²) in [5, 5.41) is 0. The van der Waals surface area contributed by atoms with Crippen molar-refractivity contribution in [3.05, 3.63) is 35.4 Å². The molecule has 0 radical (unpaired) electrons. The van der Waals surface area contributed by atoms with E-state index in [9.17, 15) is 9.59 Å². The summed E-state index contributed by atoms with van der Waals surface area (Å²) in [6, 6.07) is 7.73. The molecule has 3 atom stereocenters. The van der Waals surface area contributed by atoms with E-state index in [-0.39, 0.29) is 6.61 Å². The minimum atomic E-state index is -1.35. The number of esters is 2. The van der Waals surface area contributed by atoms with Gasteiger partial charge >= 0.3 is 11.9 Å². The highest BCUT2D eigenvalue weighted by atomic mass is 16.6. The van der Waals surface area contributed by atoms with E-state index in [2.05, 4.69) is 0 Å². The molecule has 0 heterocycles. The monoisotopic (exact) mass is 348 g/mol. The maximum absolute atomic E-state index is 12.8. The molecule has 2 rings (SSSR count). The number of methoxy groups -OCH3 is 1. The molecule has 0 aliphatic heterocycles. The van der Waals surface area contributed by atoms with Gasteiger partial charge in [0.1, 0.15) is 6.10 Å². The van der Waals surface area contributed by atoms with Gasteiger partial charge in [0.05, 0.1) is 12.5 Å². The van der Waals surface area contributed by atoms with E-state index in [0.717, 1.165) is 24.0 Å². The van der Waals surface area contributed by atoms with Crippen molar-refractivity contribution in [1.82, 2.24) is 0 Å². The zero-order valence-corrected chi connectivity index (χ0v) is 15.5. The topological polar surface area (TPSA) is 61.8 Å². The lowest BCUT2D eigenvalue weighted by molar-refractivity contribution is -0.205. The van der Waals surface area contributed by atoms with Crippen molar-refractivity contribution in [3.8, 4) is 0 Å². The molecule has 5 nitrogen and oxygen atoms in total. The average molecular weight is 348 g/mol. The summed E-state index contributed by atoms with van der Waals surface area (Å²) in [7, 11) is 1.54. The number of hydrogen-bond donors (Lipinski definition) is 0. The van der Waals surface area contributed by atoms with Crippen LogP contribution < -0.4 is 0 Å². The first kappa shape index (κ1) is 19.4. The smallest absolute Gasteiger partial charge is 0.353 e. The Kier molecular flexibility index (Phi) is 6.59. The summed E-state index contributed by atoms with van der Waals surface area (Å²) < 4.78 is 16.5. The molecule has 1 saturated carbocycles. The molecule has 0 bridgehead atoms. The molecule has 3 unspecified atom stereocenters. The normalized spacial score (nSPS) is 24.4. The number of ether oxygens (including phenoxy) is 3.